The first kappa shape index (κ1) is 15.0. The van der Waals surface area contributed by atoms with Gasteiger partial charge in [0.15, 0.2) is 0 Å². The fourth-order valence-corrected chi connectivity index (χ4v) is 2.80. The molecule has 1 aliphatic heterocycles. The molecule has 2 heterocycles. The second-order valence-corrected chi connectivity index (χ2v) is 5.54. The van der Waals surface area contributed by atoms with Gasteiger partial charge >= 0.3 is 5.97 Å². The van der Waals surface area contributed by atoms with Crippen LogP contribution in [0.25, 0.3) is 11.1 Å². The SMILES string of the molecule is Nc1cc(C(=O)O)c(-c2cccc(C(=O)N3CCCC3)c2)cn1. The van der Waals surface area contributed by atoms with Gasteiger partial charge in [0.05, 0.1) is 5.56 Å². The van der Waals surface area contributed by atoms with E-state index in [0.29, 0.717) is 16.7 Å². The van der Waals surface area contributed by atoms with E-state index >= 15 is 0 Å². The van der Waals surface area contributed by atoms with Crippen molar-refractivity contribution in [2.45, 2.75) is 12.8 Å². The number of aromatic nitrogens is 1. The van der Waals surface area contributed by atoms with E-state index in [2.05, 4.69) is 4.98 Å². The largest absolute Gasteiger partial charge is 0.478 e. The molecule has 0 unspecified atom stereocenters. The Bertz CT molecular complexity index is 767. The maximum absolute atomic E-state index is 12.5. The van der Waals surface area contributed by atoms with Crippen molar-refractivity contribution in [2.24, 2.45) is 0 Å². The van der Waals surface area contributed by atoms with Crippen molar-refractivity contribution in [3.8, 4) is 11.1 Å². The van der Waals surface area contributed by atoms with Crippen LogP contribution in [0.3, 0.4) is 0 Å². The van der Waals surface area contributed by atoms with Gasteiger partial charge in [-0.05, 0) is 36.6 Å². The molecule has 1 saturated heterocycles. The van der Waals surface area contributed by atoms with Crippen LogP contribution in [-0.2, 0) is 0 Å². The predicted molar refractivity (Wildman–Crippen MR) is 86.2 cm³/mol. The van der Waals surface area contributed by atoms with Gasteiger partial charge in [0.2, 0.25) is 0 Å². The van der Waals surface area contributed by atoms with Gasteiger partial charge < -0.3 is 15.7 Å². The molecule has 1 amide bonds. The summed E-state index contributed by atoms with van der Waals surface area (Å²) in [5.41, 5.74) is 7.28. The topological polar surface area (TPSA) is 96.5 Å². The minimum Gasteiger partial charge on any atom is -0.478 e. The number of nitrogen functional groups attached to an aromatic ring is 1. The number of anilines is 1. The van der Waals surface area contributed by atoms with E-state index in [4.69, 9.17) is 5.73 Å². The number of amides is 1. The molecule has 1 fully saturated rings. The molecular formula is C17H17N3O3. The lowest BCUT2D eigenvalue weighted by molar-refractivity contribution is 0.0697. The number of aromatic carboxylic acids is 1. The number of carbonyl (C=O) groups excluding carboxylic acids is 1. The van der Waals surface area contributed by atoms with Crippen LogP contribution < -0.4 is 5.73 Å². The monoisotopic (exact) mass is 311 g/mol. The molecule has 118 valence electrons. The van der Waals surface area contributed by atoms with Gasteiger partial charge in [0, 0.05) is 30.4 Å². The van der Waals surface area contributed by atoms with E-state index in [9.17, 15) is 14.7 Å². The Morgan fingerprint density at radius 3 is 2.61 bits per heavy atom. The van der Waals surface area contributed by atoms with E-state index in [0.717, 1.165) is 25.9 Å². The van der Waals surface area contributed by atoms with Gasteiger partial charge in [-0.15, -0.1) is 0 Å². The fourth-order valence-electron chi connectivity index (χ4n) is 2.80. The van der Waals surface area contributed by atoms with Crippen molar-refractivity contribution in [3.63, 3.8) is 0 Å². The highest BCUT2D eigenvalue weighted by Gasteiger charge is 2.20. The first-order chi connectivity index (χ1) is 11.1. The lowest BCUT2D eigenvalue weighted by Crippen LogP contribution is -2.27. The number of nitrogens with zero attached hydrogens (tertiary/aromatic N) is 2. The van der Waals surface area contributed by atoms with Crippen molar-refractivity contribution in [1.82, 2.24) is 9.88 Å². The second kappa shape index (κ2) is 6.08. The van der Waals surface area contributed by atoms with Crippen LogP contribution >= 0.6 is 0 Å². The molecular weight excluding hydrogens is 294 g/mol. The number of benzene rings is 1. The van der Waals surface area contributed by atoms with Crippen molar-refractivity contribution >= 4 is 17.7 Å². The van der Waals surface area contributed by atoms with Gasteiger partial charge in [-0.1, -0.05) is 12.1 Å². The third-order valence-corrected chi connectivity index (χ3v) is 3.97. The maximum Gasteiger partial charge on any atom is 0.336 e. The van der Waals surface area contributed by atoms with E-state index in [-0.39, 0.29) is 17.3 Å². The summed E-state index contributed by atoms with van der Waals surface area (Å²) < 4.78 is 0. The molecule has 0 spiro atoms. The molecule has 3 rings (SSSR count). The van der Waals surface area contributed by atoms with E-state index in [1.165, 1.54) is 12.3 Å². The normalized spacial score (nSPS) is 14.0. The highest BCUT2D eigenvalue weighted by Crippen LogP contribution is 2.26. The number of likely N-dealkylation sites (tertiary alicyclic amines) is 1. The van der Waals surface area contributed by atoms with Crippen LogP contribution in [0.4, 0.5) is 5.82 Å². The fraction of sp³-hybridized carbons (Fsp3) is 0.235. The standard InChI is InChI=1S/C17H17N3O3/c18-15-9-13(17(22)23)14(10-19-15)11-4-3-5-12(8-11)16(21)20-6-1-2-7-20/h3-5,8-10H,1-2,6-7H2,(H2,18,19)(H,22,23). The number of pyridine rings is 1. The smallest absolute Gasteiger partial charge is 0.336 e. The summed E-state index contributed by atoms with van der Waals surface area (Å²) >= 11 is 0. The minimum absolute atomic E-state index is 0.0235. The summed E-state index contributed by atoms with van der Waals surface area (Å²) in [5.74, 6) is -0.953. The highest BCUT2D eigenvalue weighted by atomic mass is 16.4. The highest BCUT2D eigenvalue weighted by molar-refractivity contribution is 5.99. The Morgan fingerprint density at radius 2 is 1.91 bits per heavy atom. The Labute approximate surface area is 133 Å². The number of nitrogens with two attached hydrogens (primary N) is 1. The van der Waals surface area contributed by atoms with Gasteiger partial charge in [-0.3, -0.25) is 4.79 Å². The molecule has 3 N–H and O–H groups in total. The van der Waals surface area contributed by atoms with Crippen molar-refractivity contribution < 1.29 is 14.7 Å². The van der Waals surface area contributed by atoms with E-state index in [1.54, 1.807) is 24.3 Å². The Hall–Kier alpha value is -2.89. The molecule has 2 aromatic rings. The van der Waals surface area contributed by atoms with Crippen LogP contribution in [0.1, 0.15) is 33.6 Å². The third kappa shape index (κ3) is 3.01. The summed E-state index contributed by atoms with van der Waals surface area (Å²) in [6.45, 7) is 1.54. The van der Waals surface area contributed by atoms with Crippen molar-refractivity contribution in [1.29, 1.82) is 0 Å². The van der Waals surface area contributed by atoms with Gasteiger partial charge in [0.25, 0.3) is 5.91 Å². The Kier molecular flexibility index (Phi) is 3.97. The lowest BCUT2D eigenvalue weighted by Gasteiger charge is -2.16. The first-order valence-corrected chi connectivity index (χ1v) is 7.45. The van der Waals surface area contributed by atoms with Crippen LogP contribution in [0.2, 0.25) is 0 Å². The zero-order chi connectivity index (χ0) is 16.4. The lowest BCUT2D eigenvalue weighted by atomic mass is 9.99. The second-order valence-electron chi connectivity index (χ2n) is 5.54. The third-order valence-electron chi connectivity index (χ3n) is 3.97. The van der Waals surface area contributed by atoms with Crippen molar-refractivity contribution in [3.05, 3.63) is 47.7 Å². The quantitative estimate of drug-likeness (QED) is 0.906. The van der Waals surface area contributed by atoms with Crippen molar-refractivity contribution in [2.75, 3.05) is 18.8 Å². The number of hydrogen-bond donors (Lipinski definition) is 2. The maximum atomic E-state index is 12.5. The van der Waals surface area contributed by atoms with Crippen LogP contribution in [0.15, 0.2) is 36.5 Å². The van der Waals surface area contributed by atoms with Gasteiger partial charge in [-0.25, -0.2) is 9.78 Å². The predicted octanol–water partition coefficient (Wildman–Crippen LogP) is 2.27. The van der Waals surface area contributed by atoms with E-state index < -0.39 is 5.97 Å². The number of hydrogen-bond acceptors (Lipinski definition) is 4. The number of carboxylic acid groups (broad SMARTS) is 1. The zero-order valence-electron chi connectivity index (χ0n) is 12.5. The van der Waals surface area contributed by atoms with E-state index in [1.807, 2.05) is 4.90 Å². The Morgan fingerprint density at radius 1 is 1.17 bits per heavy atom. The molecule has 6 nitrogen and oxygen atoms in total. The van der Waals surface area contributed by atoms with Crippen LogP contribution in [0.5, 0.6) is 0 Å². The number of carbonyl (C=O) groups is 2. The molecule has 1 aromatic heterocycles. The summed E-state index contributed by atoms with van der Waals surface area (Å²) in [5, 5.41) is 9.34. The molecule has 0 aliphatic carbocycles. The number of rotatable bonds is 3. The molecule has 0 radical (unpaired) electrons. The van der Waals surface area contributed by atoms with Gasteiger partial charge in [-0.2, -0.15) is 0 Å². The molecule has 0 bridgehead atoms. The average molecular weight is 311 g/mol. The first-order valence-electron chi connectivity index (χ1n) is 7.45. The molecule has 23 heavy (non-hydrogen) atoms. The average Bonchev–Trinajstić information content (AvgIpc) is 3.08. The molecule has 1 aliphatic rings. The van der Waals surface area contributed by atoms with Gasteiger partial charge in [0.1, 0.15) is 5.82 Å². The molecule has 0 atom stereocenters. The summed E-state index contributed by atoms with van der Waals surface area (Å²) in [4.78, 5) is 29.7. The summed E-state index contributed by atoms with van der Waals surface area (Å²) in [7, 11) is 0. The Balaban J connectivity index is 2.00. The zero-order valence-corrected chi connectivity index (χ0v) is 12.5. The number of carboxylic acids is 1. The summed E-state index contributed by atoms with van der Waals surface area (Å²) in [6.07, 6.45) is 3.48. The van der Waals surface area contributed by atoms with Crippen LogP contribution in [-0.4, -0.2) is 40.0 Å². The molecule has 0 saturated carbocycles. The molecule has 1 aromatic carbocycles. The minimum atomic E-state index is -1.08. The summed E-state index contributed by atoms with van der Waals surface area (Å²) in [6, 6.07) is 8.29. The molecule has 6 heteroatoms. The van der Waals surface area contributed by atoms with Crippen LogP contribution in [0, 0.1) is 0 Å².